The number of nitriles is 1. The van der Waals surface area contributed by atoms with Gasteiger partial charge in [-0.3, -0.25) is 0 Å². The molecule has 1 aromatic carbocycles. The third-order valence-corrected chi connectivity index (χ3v) is 7.16. The molecule has 5 nitrogen and oxygen atoms in total. The van der Waals surface area contributed by atoms with Crippen LogP contribution in [0.3, 0.4) is 0 Å². The van der Waals surface area contributed by atoms with E-state index in [4.69, 9.17) is 14.7 Å². The Bertz CT molecular complexity index is 830. The number of hydrogen-bond donors (Lipinski definition) is 0. The van der Waals surface area contributed by atoms with Gasteiger partial charge in [0.05, 0.1) is 24.8 Å². The smallest absolute Gasteiger partial charge is 0.345 e. The van der Waals surface area contributed by atoms with Crippen LogP contribution in [0.1, 0.15) is 153 Å². The molecule has 5 heteroatoms. The summed E-state index contributed by atoms with van der Waals surface area (Å²) in [6.45, 7) is 5.03. The quantitative estimate of drug-likeness (QED) is 0.0397. The normalized spacial score (nSPS) is 10.6. The van der Waals surface area contributed by atoms with Crippen molar-refractivity contribution in [2.75, 3.05) is 13.2 Å². The zero-order chi connectivity index (χ0) is 29.1. The molecule has 223 valence electrons. The van der Waals surface area contributed by atoms with Crippen molar-refractivity contribution in [3.63, 3.8) is 0 Å². The van der Waals surface area contributed by atoms with E-state index < -0.39 is 11.9 Å². The number of unbranched alkanes of at least 4 members (excludes halogenated alkanes) is 18. The first-order valence-electron chi connectivity index (χ1n) is 16.1. The van der Waals surface area contributed by atoms with E-state index in [-0.39, 0.29) is 18.8 Å². The monoisotopic (exact) mass is 552 g/mol. The summed E-state index contributed by atoms with van der Waals surface area (Å²) in [5, 5.41) is 9.17. The van der Waals surface area contributed by atoms with Crippen molar-refractivity contribution in [1.29, 1.82) is 5.26 Å². The SMILES string of the molecule is CCCCCCCCCCCCOC(=O)C(=Cc1cc[c]c(C#N)c1)C(=O)OCCCCCCCCCCCC. The zero-order valence-electron chi connectivity index (χ0n) is 25.4. The van der Waals surface area contributed by atoms with E-state index in [9.17, 15) is 9.59 Å². The lowest BCUT2D eigenvalue weighted by atomic mass is 10.1. The van der Waals surface area contributed by atoms with Gasteiger partial charge in [0.1, 0.15) is 5.57 Å². The highest BCUT2D eigenvalue weighted by Crippen LogP contribution is 2.15. The summed E-state index contributed by atoms with van der Waals surface area (Å²) < 4.78 is 10.9. The van der Waals surface area contributed by atoms with Gasteiger partial charge < -0.3 is 9.47 Å². The topological polar surface area (TPSA) is 76.4 Å². The lowest BCUT2D eigenvalue weighted by molar-refractivity contribution is -0.147. The second kappa shape index (κ2) is 25.4. The van der Waals surface area contributed by atoms with Crippen LogP contribution in [-0.4, -0.2) is 25.2 Å². The van der Waals surface area contributed by atoms with E-state index in [1.807, 2.05) is 6.07 Å². The van der Waals surface area contributed by atoms with Gasteiger partial charge in [0.25, 0.3) is 0 Å². The van der Waals surface area contributed by atoms with Crippen LogP contribution < -0.4 is 0 Å². The van der Waals surface area contributed by atoms with Gasteiger partial charge in [-0.2, -0.15) is 5.26 Å². The van der Waals surface area contributed by atoms with Crippen LogP contribution in [0.5, 0.6) is 0 Å². The Morgan fingerprint density at radius 2 is 1.10 bits per heavy atom. The first kappa shape index (κ1) is 35.4. The highest BCUT2D eigenvalue weighted by atomic mass is 16.6. The lowest BCUT2D eigenvalue weighted by Gasteiger charge is -2.10. The van der Waals surface area contributed by atoms with Crippen molar-refractivity contribution < 1.29 is 19.1 Å². The van der Waals surface area contributed by atoms with E-state index in [0.717, 1.165) is 38.5 Å². The molecule has 1 radical (unpaired) electrons. The minimum Gasteiger partial charge on any atom is -0.462 e. The lowest BCUT2D eigenvalue weighted by Crippen LogP contribution is -2.19. The predicted octanol–water partition coefficient (Wildman–Crippen LogP) is 9.67. The Morgan fingerprint density at radius 1 is 0.700 bits per heavy atom. The van der Waals surface area contributed by atoms with Crippen molar-refractivity contribution in [1.82, 2.24) is 0 Å². The molecule has 0 aliphatic rings. The molecule has 0 aliphatic heterocycles. The van der Waals surface area contributed by atoms with Crippen LogP contribution in [0, 0.1) is 17.4 Å². The number of rotatable bonds is 25. The summed E-state index contributed by atoms with van der Waals surface area (Å²) in [6, 6.07) is 9.74. The fourth-order valence-corrected chi connectivity index (χ4v) is 4.67. The molecule has 0 N–H and O–H groups in total. The van der Waals surface area contributed by atoms with Gasteiger partial charge in [-0.05, 0) is 30.5 Å². The van der Waals surface area contributed by atoms with E-state index in [0.29, 0.717) is 11.1 Å². The summed E-state index contributed by atoms with van der Waals surface area (Å²) in [5.74, 6) is -1.34. The molecule has 1 rings (SSSR count). The molecular formula is C35H54NO4. The van der Waals surface area contributed by atoms with Crippen LogP contribution in [0.25, 0.3) is 6.08 Å². The van der Waals surface area contributed by atoms with Gasteiger partial charge >= 0.3 is 11.9 Å². The van der Waals surface area contributed by atoms with Crippen LogP contribution in [-0.2, 0) is 19.1 Å². The third-order valence-electron chi connectivity index (χ3n) is 7.16. The van der Waals surface area contributed by atoms with Gasteiger partial charge in [-0.1, -0.05) is 142 Å². The number of carbonyl (C=O) groups is 2. The molecule has 0 aromatic heterocycles. The average molecular weight is 553 g/mol. The first-order chi connectivity index (χ1) is 19.6. The van der Waals surface area contributed by atoms with Gasteiger partial charge in [0.2, 0.25) is 0 Å². The molecule has 0 heterocycles. The van der Waals surface area contributed by atoms with Crippen LogP contribution in [0.4, 0.5) is 0 Å². The molecule has 0 bridgehead atoms. The molecule has 0 saturated heterocycles. The van der Waals surface area contributed by atoms with Crippen molar-refractivity contribution in [2.24, 2.45) is 0 Å². The van der Waals surface area contributed by atoms with Gasteiger partial charge in [-0.15, -0.1) is 0 Å². The van der Waals surface area contributed by atoms with Crippen molar-refractivity contribution in [2.45, 2.75) is 142 Å². The molecule has 0 aliphatic carbocycles. The number of benzene rings is 1. The van der Waals surface area contributed by atoms with E-state index in [2.05, 4.69) is 19.9 Å². The Morgan fingerprint density at radius 3 is 1.50 bits per heavy atom. The predicted molar refractivity (Wildman–Crippen MR) is 164 cm³/mol. The van der Waals surface area contributed by atoms with Crippen LogP contribution in [0.2, 0.25) is 0 Å². The standard InChI is InChI=1S/C35H54NO4/c1-3-5-7-9-11-13-15-17-19-21-26-39-34(37)33(29-31-24-23-25-32(28-31)30-36)35(38)40-27-22-20-18-16-14-12-10-8-6-4-2/h23-24,28-29H,3-22,26-27H2,1-2H3. The Kier molecular flexibility index (Phi) is 22.5. The zero-order valence-corrected chi connectivity index (χ0v) is 25.4. The number of hydrogen-bond acceptors (Lipinski definition) is 5. The number of nitrogens with zero attached hydrogens (tertiary/aromatic N) is 1. The Balaban J connectivity index is 2.43. The minimum atomic E-state index is -0.671. The second-order valence-corrected chi connectivity index (χ2v) is 10.8. The number of carbonyl (C=O) groups excluding carboxylic acids is 2. The van der Waals surface area contributed by atoms with Gasteiger partial charge in [0.15, 0.2) is 0 Å². The van der Waals surface area contributed by atoms with Crippen LogP contribution in [0.15, 0.2) is 23.8 Å². The maximum Gasteiger partial charge on any atom is 0.345 e. The van der Waals surface area contributed by atoms with E-state index in [1.165, 1.54) is 96.0 Å². The van der Waals surface area contributed by atoms with Crippen LogP contribution >= 0.6 is 0 Å². The largest absolute Gasteiger partial charge is 0.462 e. The highest BCUT2D eigenvalue weighted by molar-refractivity contribution is 6.17. The summed E-state index contributed by atoms with van der Waals surface area (Å²) in [6.07, 6.45) is 25.4. The minimum absolute atomic E-state index is 0.130. The Hall–Kier alpha value is -2.61. The maximum atomic E-state index is 12.8. The summed E-state index contributed by atoms with van der Waals surface area (Å²) in [4.78, 5) is 25.7. The molecule has 0 fully saturated rings. The second-order valence-electron chi connectivity index (χ2n) is 10.8. The van der Waals surface area contributed by atoms with Gasteiger partial charge in [-0.25, -0.2) is 9.59 Å². The van der Waals surface area contributed by atoms with E-state index in [1.54, 1.807) is 18.2 Å². The molecule has 1 aromatic rings. The molecule has 0 atom stereocenters. The van der Waals surface area contributed by atoms with Crippen molar-refractivity contribution in [3.8, 4) is 6.07 Å². The fourth-order valence-electron chi connectivity index (χ4n) is 4.67. The number of ether oxygens (including phenoxy) is 2. The molecule has 0 amide bonds. The molecule has 0 unspecified atom stereocenters. The first-order valence-corrected chi connectivity index (χ1v) is 16.1. The van der Waals surface area contributed by atoms with Crippen molar-refractivity contribution in [3.05, 3.63) is 41.0 Å². The summed E-state index contributed by atoms with van der Waals surface area (Å²) in [7, 11) is 0. The maximum absolute atomic E-state index is 12.8. The Labute approximate surface area is 244 Å². The molecule has 40 heavy (non-hydrogen) atoms. The highest BCUT2D eigenvalue weighted by Gasteiger charge is 2.21. The van der Waals surface area contributed by atoms with Crippen molar-refractivity contribution >= 4 is 18.0 Å². The average Bonchev–Trinajstić information content (AvgIpc) is 2.97. The third kappa shape index (κ3) is 18.6. The molecule has 0 spiro atoms. The number of esters is 2. The molecule has 0 saturated carbocycles. The summed E-state index contributed by atoms with van der Waals surface area (Å²) >= 11 is 0. The fraction of sp³-hybridized carbons (Fsp3) is 0.686. The molecular weight excluding hydrogens is 498 g/mol. The van der Waals surface area contributed by atoms with E-state index >= 15 is 0 Å². The summed E-state index contributed by atoms with van der Waals surface area (Å²) in [5.41, 5.74) is 0.775. The van der Waals surface area contributed by atoms with Gasteiger partial charge in [0, 0.05) is 6.07 Å².